The van der Waals surface area contributed by atoms with Crippen LogP contribution >= 0.6 is 23.3 Å². The molecule has 2 aromatic heterocycles. The number of aryl methyl sites for hydroxylation is 1. The second kappa shape index (κ2) is 5.45. The minimum Gasteiger partial charge on any atom is -0.224 e. The van der Waals surface area contributed by atoms with E-state index in [1.54, 1.807) is 16.4 Å². The molecule has 0 N–H and O–H groups in total. The maximum absolute atomic E-state index is 4.05. The van der Waals surface area contributed by atoms with Crippen molar-refractivity contribution >= 4 is 23.3 Å². The quantitative estimate of drug-likeness (QED) is 0.685. The van der Waals surface area contributed by atoms with Crippen LogP contribution in [0.4, 0.5) is 0 Å². The first-order valence-electron chi connectivity index (χ1n) is 5.54. The number of rotatable bonds is 4. The molecule has 0 fully saturated rings. The molecule has 0 amide bonds. The average Bonchev–Trinajstić information content (AvgIpc) is 3.09. The molecule has 0 unspecified atom stereocenters. The van der Waals surface area contributed by atoms with Gasteiger partial charge in [-0.25, -0.2) is 4.68 Å². The van der Waals surface area contributed by atoms with E-state index in [-0.39, 0.29) is 0 Å². The number of tetrazole rings is 1. The monoisotopic (exact) mass is 290 g/mol. The molecule has 96 valence electrons. The molecular weight excluding hydrogens is 280 g/mol. The van der Waals surface area contributed by atoms with Gasteiger partial charge in [-0.3, -0.25) is 0 Å². The van der Waals surface area contributed by atoms with E-state index in [2.05, 4.69) is 49.4 Å². The normalized spacial score (nSPS) is 10.8. The Hall–Kier alpha value is -1.80. The van der Waals surface area contributed by atoms with E-state index in [0.29, 0.717) is 0 Å². The van der Waals surface area contributed by atoms with E-state index < -0.39 is 0 Å². The van der Waals surface area contributed by atoms with Crippen LogP contribution in [-0.4, -0.2) is 29.8 Å². The van der Waals surface area contributed by atoms with Crippen molar-refractivity contribution in [2.24, 2.45) is 7.05 Å². The molecule has 3 aromatic rings. The predicted octanol–water partition coefficient (Wildman–Crippen LogP) is 2.02. The molecule has 0 aliphatic carbocycles. The van der Waals surface area contributed by atoms with Crippen LogP contribution in [0.2, 0.25) is 0 Å². The van der Waals surface area contributed by atoms with Crippen LogP contribution in [0.5, 0.6) is 0 Å². The summed E-state index contributed by atoms with van der Waals surface area (Å²) in [5.41, 5.74) is 3.23. The van der Waals surface area contributed by atoms with Gasteiger partial charge in [0.2, 0.25) is 5.16 Å². The van der Waals surface area contributed by atoms with Gasteiger partial charge in [-0.2, -0.15) is 0 Å². The molecule has 0 aliphatic rings. The van der Waals surface area contributed by atoms with Crippen molar-refractivity contribution in [2.75, 3.05) is 0 Å². The van der Waals surface area contributed by atoms with Crippen molar-refractivity contribution in [3.63, 3.8) is 0 Å². The Morgan fingerprint density at radius 2 is 2.05 bits per heavy atom. The molecule has 0 atom stereocenters. The van der Waals surface area contributed by atoms with Crippen LogP contribution in [0.25, 0.3) is 11.3 Å². The van der Waals surface area contributed by atoms with Crippen molar-refractivity contribution in [1.82, 2.24) is 29.8 Å². The van der Waals surface area contributed by atoms with Crippen LogP contribution in [-0.2, 0) is 12.8 Å². The SMILES string of the molecule is Cn1nnnc1SCc1ccc(-c2csnn2)cc1. The molecule has 0 aliphatic heterocycles. The Labute approximate surface area is 118 Å². The zero-order valence-corrected chi connectivity index (χ0v) is 11.7. The Balaban J connectivity index is 1.68. The summed E-state index contributed by atoms with van der Waals surface area (Å²) in [7, 11) is 1.83. The first kappa shape index (κ1) is 12.2. The molecule has 19 heavy (non-hydrogen) atoms. The van der Waals surface area contributed by atoms with Crippen molar-refractivity contribution in [3.05, 3.63) is 35.2 Å². The van der Waals surface area contributed by atoms with E-state index in [9.17, 15) is 0 Å². The van der Waals surface area contributed by atoms with E-state index >= 15 is 0 Å². The fraction of sp³-hybridized carbons (Fsp3) is 0.182. The Morgan fingerprint density at radius 3 is 2.68 bits per heavy atom. The largest absolute Gasteiger partial charge is 0.224 e. The summed E-state index contributed by atoms with van der Waals surface area (Å²) in [4.78, 5) is 0. The van der Waals surface area contributed by atoms with Crippen molar-refractivity contribution < 1.29 is 0 Å². The maximum atomic E-state index is 4.05. The van der Waals surface area contributed by atoms with Crippen molar-refractivity contribution in [1.29, 1.82) is 0 Å². The van der Waals surface area contributed by atoms with Crippen LogP contribution in [0.15, 0.2) is 34.8 Å². The van der Waals surface area contributed by atoms with E-state index in [0.717, 1.165) is 22.2 Å². The summed E-state index contributed by atoms with van der Waals surface area (Å²) in [5, 5.41) is 18.1. The lowest BCUT2D eigenvalue weighted by molar-refractivity contribution is 0.664. The summed E-state index contributed by atoms with van der Waals surface area (Å²) in [6.45, 7) is 0. The van der Waals surface area contributed by atoms with E-state index in [1.165, 1.54) is 17.1 Å². The highest BCUT2D eigenvalue weighted by atomic mass is 32.2. The molecule has 8 heteroatoms. The summed E-state index contributed by atoms with van der Waals surface area (Å²) < 4.78 is 5.53. The first-order valence-corrected chi connectivity index (χ1v) is 7.36. The smallest absolute Gasteiger partial charge is 0.209 e. The van der Waals surface area contributed by atoms with Gasteiger partial charge in [0.25, 0.3) is 0 Å². The molecule has 2 heterocycles. The lowest BCUT2D eigenvalue weighted by Gasteiger charge is -2.01. The molecular formula is C11H10N6S2. The number of thioether (sulfide) groups is 1. The zero-order valence-electron chi connectivity index (χ0n) is 10.1. The number of nitrogens with zero attached hydrogens (tertiary/aromatic N) is 6. The summed E-state index contributed by atoms with van der Waals surface area (Å²) in [6.07, 6.45) is 0. The topological polar surface area (TPSA) is 69.4 Å². The Morgan fingerprint density at radius 1 is 1.21 bits per heavy atom. The van der Waals surface area contributed by atoms with E-state index in [1.807, 2.05) is 12.4 Å². The molecule has 0 spiro atoms. The van der Waals surface area contributed by atoms with Crippen LogP contribution < -0.4 is 0 Å². The van der Waals surface area contributed by atoms with Gasteiger partial charge in [0.1, 0.15) is 5.69 Å². The van der Waals surface area contributed by atoms with Crippen LogP contribution in [0.3, 0.4) is 0 Å². The summed E-state index contributed by atoms with van der Waals surface area (Å²) >= 11 is 2.97. The third-order valence-corrected chi connectivity index (χ3v) is 4.15. The third-order valence-electron chi connectivity index (χ3n) is 2.56. The van der Waals surface area contributed by atoms with Gasteiger partial charge in [-0.1, -0.05) is 40.5 Å². The second-order valence-corrected chi connectivity index (χ2v) is 5.41. The Bertz CT molecular complexity index is 646. The van der Waals surface area contributed by atoms with Gasteiger partial charge in [0.05, 0.1) is 0 Å². The number of hydrogen-bond acceptors (Lipinski definition) is 7. The highest BCUT2D eigenvalue weighted by Gasteiger charge is 2.04. The highest BCUT2D eigenvalue weighted by Crippen LogP contribution is 2.22. The molecule has 0 radical (unpaired) electrons. The maximum Gasteiger partial charge on any atom is 0.209 e. The molecule has 0 saturated carbocycles. The molecule has 0 saturated heterocycles. The Kier molecular flexibility index (Phi) is 3.51. The van der Waals surface area contributed by atoms with Crippen molar-refractivity contribution in [3.8, 4) is 11.3 Å². The summed E-state index contributed by atoms with van der Waals surface area (Å²) in [6, 6.07) is 8.29. The molecule has 1 aromatic carbocycles. The van der Waals surface area contributed by atoms with Crippen molar-refractivity contribution in [2.45, 2.75) is 10.9 Å². The lowest BCUT2D eigenvalue weighted by atomic mass is 10.1. The van der Waals surface area contributed by atoms with Gasteiger partial charge >= 0.3 is 0 Å². The number of benzene rings is 1. The standard InChI is InChI=1S/C11H10N6S2/c1-17-11(13-14-15-17)18-6-8-2-4-9(5-3-8)10-7-19-16-12-10/h2-5,7H,6H2,1H3. The number of hydrogen-bond donors (Lipinski definition) is 0. The molecule has 3 rings (SSSR count). The van der Waals surface area contributed by atoms with Crippen LogP contribution in [0.1, 0.15) is 5.56 Å². The van der Waals surface area contributed by atoms with Gasteiger partial charge in [-0.15, -0.1) is 10.2 Å². The second-order valence-electron chi connectivity index (χ2n) is 3.86. The van der Waals surface area contributed by atoms with Crippen LogP contribution in [0, 0.1) is 0 Å². The lowest BCUT2D eigenvalue weighted by Crippen LogP contribution is -1.93. The van der Waals surface area contributed by atoms with E-state index in [4.69, 9.17) is 0 Å². The highest BCUT2D eigenvalue weighted by molar-refractivity contribution is 7.98. The fourth-order valence-corrected chi connectivity index (χ4v) is 2.82. The first-order chi connectivity index (χ1) is 9.33. The number of aromatic nitrogens is 6. The van der Waals surface area contributed by atoms with Gasteiger partial charge in [-0.05, 0) is 27.5 Å². The minimum atomic E-state index is 0.813. The van der Waals surface area contributed by atoms with Gasteiger partial charge < -0.3 is 0 Å². The predicted molar refractivity (Wildman–Crippen MR) is 73.7 cm³/mol. The fourth-order valence-electron chi connectivity index (χ4n) is 1.55. The van der Waals surface area contributed by atoms with Gasteiger partial charge in [0, 0.05) is 23.7 Å². The molecule has 0 bridgehead atoms. The molecule has 6 nitrogen and oxygen atoms in total. The van der Waals surface area contributed by atoms with Gasteiger partial charge in [0.15, 0.2) is 0 Å². The average molecular weight is 290 g/mol. The summed E-state index contributed by atoms with van der Waals surface area (Å²) in [5.74, 6) is 0.837. The minimum absolute atomic E-state index is 0.813. The third kappa shape index (κ3) is 2.79. The zero-order chi connectivity index (χ0) is 13.1.